The molecule has 4 heteroatoms. The van der Waals surface area contributed by atoms with Gasteiger partial charge < -0.3 is 10.2 Å². The third-order valence-electron chi connectivity index (χ3n) is 3.07. The summed E-state index contributed by atoms with van der Waals surface area (Å²) in [6.45, 7) is 6.04. The summed E-state index contributed by atoms with van der Waals surface area (Å²) in [6, 6.07) is 4.62. The van der Waals surface area contributed by atoms with Crippen molar-refractivity contribution in [3.05, 3.63) is 35.1 Å². The highest BCUT2D eigenvalue weighted by Crippen LogP contribution is 2.14. The first-order chi connectivity index (χ1) is 8.08. The molecule has 1 unspecified atom stereocenters. The number of carbonyl (C=O) groups is 1. The van der Waals surface area contributed by atoms with Crippen LogP contribution in [0.1, 0.15) is 22.8 Å². The van der Waals surface area contributed by atoms with Crippen LogP contribution in [0.3, 0.4) is 0 Å². The Hall–Kier alpha value is -1.42. The predicted molar refractivity (Wildman–Crippen MR) is 64.5 cm³/mol. The lowest BCUT2D eigenvalue weighted by atomic mass is 10.1. The van der Waals surface area contributed by atoms with E-state index in [-0.39, 0.29) is 11.7 Å². The number of hydrogen-bond donors (Lipinski definition) is 1. The number of nitrogens with zero attached hydrogens (tertiary/aromatic N) is 1. The minimum Gasteiger partial charge on any atom is -0.336 e. The lowest BCUT2D eigenvalue weighted by Gasteiger charge is -2.32. The minimum absolute atomic E-state index is 0.00384. The average molecular weight is 236 g/mol. The van der Waals surface area contributed by atoms with Gasteiger partial charge in [0.2, 0.25) is 0 Å². The maximum absolute atomic E-state index is 13.0. The summed E-state index contributed by atoms with van der Waals surface area (Å²) in [5.74, 6) is -0.302. The molecule has 0 radical (unpaired) electrons. The molecule has 92 valence electrons. The van der Waals surface area contributed by atoms with Crippen LogP contribution in [0.4, 0.5) is 4.39 Å². The van der Waals surface area contributed by atoms with E-state index in [0.717, 1.165) is 6.54 Å². The third kappa shape index (κ3) is 2.64. The fraction of sp³-hybridized carbons (Fsp3) is 0.462. The molecule has 0 saturated carbocycles. The number of carbonyl (C=O) groups excluding carboxylic acids is 1. The molecule has 1 heterocycles. The third-order valence-corrected chi connectivity index (χ3v) is 3.07. The topological polar surface area (TPSA) is 32.3 Å². The molecule has 1 atom stereocenters. The molecule has 3 nitrogen and oxygen atoms in total. The molecule has 1 fully saturated rings. The molecule has 17 heavy (non-hydrogen) atoms. The Morgan fingerprint density at radius 3 is 2.94 bits per heavy atom. The van der Waals surface area contributed by atoms with Gasteiger partial charge in [0.1, 0.15) is 5.82 Å². The summed E-state index contributed by atoms with van der Waals surface area (Å²) in [6.07, 6.45) is 0. The van der Waals surface area contributed by atoms with E-state index in [4.69, 9.17) is 0 Å². The molecule has 1 aliphatic heterocycles. The van der Waals surface area contributed by atoms with E-state index in [0.29, 0.717) is 30.3 Å². The molecule has 0 aliphatic carbocycles. The van der Waals surface area contributed by atoms with Gasteiger partial charge >= 0.3 is 0 Å². The van der Waals surface area contributed by atoms with Crippen LogP contribution in [-0.4, -0.2) is 36.5 Å². The SMILES string of the molecule is Cc1cc(F)ccc1C(=O)N1CCNC(C)C1. The number of aryl methyl sites for hydroxylation is 1. The largest absolute Gasteiger partial charge is 0.336 e. The standard InChI is InChI=1S/C13H17FN2O/c1-9-7-11(14)3-4-12(9)13(17)16-6-5-15-10(2)8-16/h3-4,7,10,15H,5-6,8H2,1-2H3. The zero-order chi connectivity index (χ0) is 12.4. The Morgan fingerprint density at radius 2 is 2.29 bits per heavy atom. The summed E-state index contributed by atoms with van der Waals surface area (Å²) >= 11 is 0. The smallest absolute Gasteiger partial charge is 0.254 e. The zero-order valence-electron chi connectivity index (χ0n) is 10.2. The van der Waals surface area contributed by atoms with Gasteiger partial charge in [0.15, 0.2) is 0 Å². The van der Waals surface area contributed by atoms with E-state index >= 15 is 0 Å². The van der Waals surface area contributed by atoms with Crippen LogP contribution >= 0.6 is 0 Å². The van der Waals surface area contributed by atoms with Crippen molar-refractivity contribution in [1.29, 1.82) is 0 Å². The molecule has 0 bridgehead atoms. The second kappa shape index (κ2) is 4.84. The van der Waals surface area contributed by atoms with Crippen molar-refractivity contribution in [1.82, 2.24) is 10.2 Å². The van der Waals surface area contributed by atoms with Crippen molar-refractivity contribution >= 4 is 5.91 Å². The fourth-order valence-electron chi connectivity index (χ4n) is 2.15. The highest BCUT2D eigenvalue weighted by atomic mass is 19.1. The van der Waals surface area contributed by atoms with E-state index in [1.807, 2.05) is 4.90 Å². The van der Waals surface area contributed by atoms with Crippen LogP contribution in [0.15, 0.2) is 18.2 Å². The van der Waals surface area contributed by atoms with Crippen LogP contribution in [0.5, 0.6) is 0 Å². The highest BCUT2D eigenvalue weighted by molar-refractivity contribution is 5.95. The predicted octanol–water partition coefficient (Wildman–Crippen LogP) is 1.57. The van der Waals surface area contributed by atoms with Crippen molar-refractivity contribution in [2.24, 2.45) is 0 Å². The average Bonchev–Trinajstić information content (AvgIpc) is 2.28. The first-order valence-corrected chi connectivity index (χ1v) is 5.87. The maximum Gasteiger partial charge on any atom is 0.254 e. The van der Waals surface area contributed by atoms with Gasteiger partial charge in [-0.25, -0.2) is 4.39 Å². The van der Waals surface area contributed by atoms with E-state index in [9.17, 15) is 9.18 Å². The Bertz CT molecular complexity index is 433. The van der Waals surface area contributed by atoms with Crippen molar-refractivity contribution in [3.63, 3.8) is 0 Å². The van der Waals surface area contributed by atoms with Gasteiger partial charge in [-0.15, -0.1) is 0 Å². The van der Waals surface area contributed by atoms with Crippen LogP contribution in [0.25, 0.3) is 0 Å². The lowest BCUT2D eigenvalue weighted by molar-refractivity contribution is 0.0708. The van der Waals surface area contributed by atoms with Crippen LogP contribution in [0.2, 0.25) is 0 Å². The number of benzene rings is 1. The van der Waals surface area contributed by atoms with Gasteiger partial charge in [0.05, 0.1) is 0 Å². The highest BCUT2D eigenvalue weighted by Gasteiger charge is 2.22. The number of halogens is 1. The van der Waals surface area contributed by atoms with Crippen molar-refractivity contribution in [3.8, 4) is 0 Å². The summed E-state index contributed by atoms with van der Waals surface area (Å²) in [7, 11) is 0. The first kappa shape index (κ1) is 12.0. The number of nitrogens with one attached hydrogen (secondary N) is 1. The lowest BCUT2D eigenvalue weighted by Crippen LogP contribution is -2.51. The molecule has 1 aromatic rings. The van der Waals surface area contributed by atoms with Gasteiger partial charge in [0, 0.05) is 31.2 Å². The Labute approximate surface area is 101 Å². The van der Waals surface area contributed by atoms with Crippen molar-refractivity contribution < 1.29 is 9.18 Å². The molecule has 0 spiro atoms. The zero-order valence-corrected chi connectivity index (χ0v) is 10.2. The van der Waals surface area contributed by atoms with E-state index < -0.39 is 0 Å². The molecular weight excluding hydrogens is 219 g/mol. The van der Waals surface area contributed by atoms with Crippen LogP contribution in [-0.2, 0) is 0 Å². The van der Waals surface area contributed by atoms with Gasteiger partial charge in [-0.2, -0.15) is 0 Å². The minimum atomic E-state index is -0.298. The first-order valence-electron chi connectivity index (χ1n) is 5.87. The molecule has 1 aromatic carbocycles. The van der Waals surface area contributed by atoms with E-state index in [2.05, 4.69) is 12.2 Å². The number of piperazine rings is 1. The normalized spacial score (nSPS) is 20.4. The van der Waals surface area contributed by atoms with Gasteiger partial charge in [-0.3, -0.25) is 4.79 Å². The fourth-order valence-corrected chi connectivity index (χ4v) is 2.15. The van der Waals surface area contributed by atoms with Crippen molar-refractivity contribution in [2.45, 2.75) is 19.9 Å². The van der Waals surface area contributed by atoms with E-state index in [1.54, 1.807) is 13.0 Å². The monoisotopic (exact) mass is 236 g/mol. The quantitative estimate of drug-likeness (QED) is 0.802. The number of rotatable bonds is 1. The van der Waals surface area contributed by atoms with Crippen LogP contribution < -0.4 is 5.32 Å². The summed E-state index contributed by atoms with van der Waals surface area (Å²) in [5, 5.41) is 3.29. The molecule has 0 aromatic heterocycles. The second-order valence-electron chi connectivity index (χ2n) is 4.57. The molecule has 1 saturated heterocycles. The second-order valence-corrected chi connectivity index (χ2v) is 4.57. The number of amides is 1. The summed E-state index contributed by atoms with van der Waals surface area (Å²) in [5.41, 5.74) is 1.29. The Kier molecular flexibility index (Phi) is 3.43. The Balaban J connectivity index is 2.18. The summed E-state index contributed by atoms with van der Waals surface area (Å²) in [4.78, 5) is 14.1. The molecule has 1 aliphatic rings. The molecule has 2 rings (SSSR count). The molecular formula is C13H17FN2O. The van der Waals surface area contributed by atoms with Crippen LogP contribution in [0, 0.1) is 12.7 Å². The van der Waals surface area contributed by atoms with Gasteiger partial charge in [-0.05, 0) is 37.6 Å². The summed E-state index contributed by atoms with van der Waals surface area (Å²) < 4.78 is 13.0. The van der Waals surface area contributed by atoms with Gasteiger partial charge in [0.25, 0.3) is 5.91 Å². The molecule has 1 N–H and O–H groups in total. The molecule has 1 amide bonds. The van der Waals surface area contributed by atoms with Gasteiger partial charge in [-0.1, -0.05) is 0 Å². The van der Waals surface area contributed by atoms with E-state index in [1.165, 1.54) is 12.1 Å². The Morgan fingerprint density at radius 1 is 1.53 bits per heavy atom. The maximum atomic E-state index is 13.0. The number of hydrogen-bond acceptors (Lipinski definition) is 2. The van der Waals surface area contributed by atoms with Crippen molar-refractivity contribution in [2.75, 3.05) is 19.6 Å².